The van der Waals surface area contributed by atoms with Gasteiger partial charge < -0.3 is 11.1 Å². The SMILES string of the molecule is CC(Nc1cccnc1C(N)=S)c1ccncc1. The first-order valence-electron chi connectivity index (χ1n) is 5.60. The molecular weight excluding hydrogens is 244 g/mol. The van der Waals surface area contributed by atoms with E-state index in [2.05, 4.69) is 22.2 Å². The Labute approximate surface area is 111 Å². The molecule has 0 aromatic carbocycles. The number of aromatic nitrogens is 2. The molecule has 0 fully saturated rings. The maximum absolute atomic E-state index is 5.65. The monoisotopic (exact) mass is 258 g/mol. The molecule has 1 unspecified atom stereocenters. The van der Waals surface area contributed by atoms with Crippen molar-refractivity contribution in [2.45, 2.75) is 13.0 Å². The zero-order valence-corrected chi connectivity index (χ0v) is 10.8. The maximum atomic E-state index is 5.65. The predicted octanol–water partition coefficient (Wildman–Crippen LogP) is 2.28. The number of rotatable bonds is 4. The van der Waals surface area contributed by atoms with Crippen LogP contribution in [0.25, 0.3) is 0 Å². The van der Waals surface area contributed by atoms with Crippen LogP contribution >= 0.6 is 12.2 Å². The summed E-state index contributed by atoms with van der Waals surface area (Å²) in [5.74, 6) is 0. The minimum absolute atomic E-state index is 0.130. The van der Waals surface area contributed by atoms with E-state index in [0.717, 1.165) is 11.3 Å². The summed E-state index contributed by atoms with van der Waals surface area (Å²) in [4.78, 5) is 8.48. The summed E-state index contributed by atoms with van der Waals surface area (Å²) in [5, 5.41) is 3.35. The Morgan fingerprint density at radius 3 is 2.67 bits per heavy atom. The van der Waals surface area contributed by atoms with Crippen molar-refractivity contribution in [2.24, 2.45) is 5.73 Å². The molecule has 5 heteroatoms. The molecule has 0 saturated carbocycles. The van der Waals surface area contributed by atoms with Crippen LogP contribution in [0.2, 0.25) is 0 Å². The van der Waals surface area contributed by atoms with Crippen molar-refractivity contribution in [2.75, 3.05) is 5.32 Å². The van der Waals surface area contributed by atoms with Crippen molar-refractivity contribution in [3.63, 3.8) is 0 Å². The Morgan fingerprint density at radius 1 is 1.28 bits per heavy atom. The van der Waals surface area contributed by atoms with E-state index in [0.29, 0.717) is 10.7 Å². The molecule has 2 aromatic rings. The highest BCUT2D eigenvalue weighted by Crippen LogP contribution is 2.20. The van der Waals surface area contributed by atoms with Crippen molar-refractivity contribution in [1.29, 1.82) is 0 Å². The van der Waals surface area contributed by atoms with E-state index in [-0.39, 0.29) is 6.04 Å². The molecule has 0 aliphatic heterocycles. The molecule has 1 atom stereocenters. The second-order valence-electron chi connectivity index (χ2n) is 3.91. The van der Waals surface area contributed by atoms with Gasteiger partial charge in [0, 0.05) is 24.6 Å². The molecule has 0 amide bonds. The highest BCUT2D eigenvalue weighted by Gasteiger charge is 2.10. The predicted molar refractivity (Wildman–Crippen MR) is 76.4 cm³/mol. The first-order valence-corrected chi connectivity index (χ1v) is 6.00. The summed E-state index contributed by atoms with van der Waals surface area (Å²) >= 11 is 4.98. The van der Waals surface area contributed by atoms with Crippen LogP contribution in [0.5, 0.6) is 0 Å². The lowest BCUT2D eigenvalue weighted by Gasteiger charge is -2.17. The molecule has 0 saturated heterocycles. The van der Waals surface area contributed by atoms with Crippen LogP contribution in [0.15, 0.2) is 42.9 Å². The van der Waals surface area contributed by atoms with Crippen LogP contribution in [-0.4, -0.2) is 15.0 Å². The summed E-state index contributed by atoms with van der Waals surface area (Å²) in [6.45, 7) is 2.06. The van der Waals surface area contributed by atoms with Crippen molar-refractivity contribution < 1.29 is 0 Å². The molecule has 0 aliphatic carbocycles. The number of thiocarbonyl (C=S) groups is 1. The van der Waals surface area contributed by atoms with E-state index in [1.54, 1.807) is 18.6 Å². The Morgan fingerprint density at radius 2 is 2.00 bits per heavy atom. The summed E-state index contributed by atoms with van der Waals surface area (Å²) in [6, 6.07) is 7.83. The average Bonchev–Trinajstić information content (AvgIpc) is 2.40. The third kappa shape index (κ3) is 2.81. The van der Waals surface area contributed by atoms with Crippen LogP contribution in [0.3, 0.4) is 0 Å². The van der Waals surface area contributed by atoms with Gasteiger partial charge in [-0.3, -0.25) is 9.97 Å². The molecule has 0 bridgehead atoms. The van der Waals surface area contributed by atoms with Crippen molar-refractivity contribution in [3.8, 4) is 0 Å². The van der Waals surface area contributed by atoms with Crippen LogP contribution in [0, 0.1) is 0 Å². The third-order valence-corrected chi connectivity index (χ3v) is 2.81. The second-order valence-corrected chi connectivity index (χ2v) is 4.35. The smallest absolute Gasteiger partial charge is 0.124 e. The van der Waals surface area contributed by atoms with Crippen LogP contribution in [0.1, 0.15) is 24.2 Å². The number of hydrogen-bond donors (Lipinski definition) is 2. The topological polar surface area (TPSA) is 63.8 Å². The molecule has 4 nitrogen and oxygen atoms in total. The highest BCUT2D eigenvalue weighted by atomic mass is 32.1. The minimum atomic E-state index is 0.130. The lowest BCUT2D eigenvalue weighted by atomic mass is 10.1. The van der Waals surface area contributed by atoms with Crippen molar-refractivity contribution in [3.05, 3.63) is 54.1 Å². The lowest BCUT2D eigenvalue weighted by Crippen LogP contribution is -2.16. The van der Waals surface area contributed by atoms with Gasteiger partial charge in [0.1, 0.15) is 10.7 Å². The van der Waals surface area contributed by atoms with Gasteiger partial charge >= 0.3 is 0 Å². The number of anilines is 1. The van der Waals surface area contributed by atoms with Gasteiger partial charge in [-0.2, -0.15) is 0 Å². The number of hydrogen-bond acceptors (Lipinski definition) is 4. The van der Waals surface area contributed by atoms with Gasteiger partial charge in [-0.1, -0.05) is 12.2 Å². The molecule has 0 aliphatic rings. The Bertz CT molecular complexity index is 542. The minimum Gasteiger partial charge on any atom is -0.388 e. The van der Waals surface area contributed by atoms with Crippen LogP contribution in [0.4, 0.5) is 5.69 Å². The van der Waals surface area contributed by atoms with E-state index >= 15 is 0 Å². The quantitative estimate of drug-likeness (QED) is 0.824. The van der Waals surface area contributed by atoms with Gasteiger partial charge in [-0.05, 0) is 36.8 Å². The first-order chi connectivity index (χ1) is 8.68. The number of pyridine rings is 2. The average molecular weight is 258 g/mol. The standard InChI is InChI=1S/C13H14N4S/c1-9(10-4-7-15-8-5-10)17-11-3-2-6-16-12(11)13(14)18/h2-9,17H,1H3,(H2,14,18). The van der Waals surface area contributed by atoms with E-state index in [9.17, 15) is 0 Å². The number of nitrogens with one attached hydrogen (secondary N) is 1. The van der Waals surface area contributed by atoms with Crippen molar-refractivity contribution in [1.82, 2.24) is 9.97 Å². The summed E-state index contributed by atoms with van der Waals surface area (Å²) in [5.41, 5.74) is 8.25. The third-order valence-electron chi connectivity index (χ3n) is 2.62. The van der Waals surface area contributed by atoms with E-state index in [1.807, 2.05) is 24.3 Å². The normalized spacial score (nSPS) is 11.8. The first kappa shape index (κ1) is 12.4. The summed E-state index contributed by atoms with van der Waals surface area (Å²) in [7, 11) is 0. The largest absolute Gasteiger partial charge is 0.388 e. The van der Waals surface area contributed by atoms with Crippen LogP contribution < -0.4 is 11.1 Å². The highest BCUT2D eigenvalue weighted by molar-refractivity contribution is 7.80. The molecule has 3 N–H and O–H groups in total. The molecular formula is C13H14N4S. The Hall–Kier alpha value is -2.01. The van der Waals surface area contributed by atoms with Crippen LogP contribution in [-0.2, 0) is 0 Å². The lowest BCUT2D eigenvalue weighted by molar-refractivity contribution is 0.878. The maximum Gasteiger partial charge on any atom is 0.124 e. The van der Waals surface area contributed by atoms with Gasteiger partial charge in [0.25, 0.3) is 0 Å². The summed E-state index contributed by atoms with van der Waals surface area (Å²) in [6.07, 6.45) is 5.22. The molecule has 2 heterocycles. The Balaban J connectivity index is 2.22. The molecule has 92 valence electrons. The van der Waals surface area contributed by atoms with E-state index in [4.69, 9.17) is 18.0 Å². The van der Waals surface area contributed by atoms with E-state index < -0.39 is 0 Å². The fraction of sp³-hybridized carbons (Fsp3) is 0.154. The fourth-order valence-corrected chi connectivity index (χ4v) is 1.85. The Kier molecular flexibility index (Phi) is 3.84. The van der Waals surface area contributed by atoms with Gasteiger partial charge in [-0.15, -0.1) is 0 Å². The summed E-state index contributed by atoms with van der Waals surface area (Å²) < 4.78 is 0. The molecule has 0 radical (unpaired) electrons. The molecule has 2 rings (SSSR count). The number of nitrogens with zero attached hydrogens (tertiary/aromatic N) is 2. The van der Waals surface area contributed by atoms with Gasteiger partial charge in [0.2, 0.25) is 0 Å². The molecule has 2 aromatic heterocycles. The van der Waals surface area contributed by atoms with Crippen molar-refractivity contribution >= 4 is 22.9 Å². The molecule has 0 spiro atoms. The van der Waals surface area contributed by atoms with Gasteiger partial charge in [-0.25, -0.2) is 0 Å². The zero-order chi connectivity index (χ0) is 13.0. The number of nitrogens with two attached hydrogens (primary N) is 1. The van der Waals surface area contributed by atoms with Gasteiger partial charge in [0.05, 0.1) is 5.69 Å². The zero-order valence-electron chi connectivity index (χ0n) is 10.00. The van der Waals surface area contributed by atoms with E-state index in [1.165, 1.54) is 0 Å². The van der Waals surface area contributed by atoms with Gasteiger partial charge in [0.15, 0.2) is 0 Å². The molecule has 18 heavy (non-hydrogen) atoms. The second kappa shape index (κ2) is 5.55. The fourth-order valence-electron chi connectivity index (χ4n) is 1.69.